The molecule has 1 rings (SSSR count). The van der Waals surface area contributed by atoms with Gasteiger partial charge in [-0.05, 0) is 6.92 Å². The molecule has 0 saturated carbocycles. The molecule has 0 spiro atoms. The van der Waals surface area contributed by atoms with Gasteiger partial charge in [0.1, 0.15) is 0 Å². The zero-order valence-corrected chi connectivity index (χ0v) is 8.07. The van der Waals surface area contributed by atoms with Crippen LogP contribution in [0.15, 0.2) is 0 Å². The van der Waals surface area contributed by atoms with Crippen molar-refractivity contribution in [3.63, 3.8) is 0 Å². The van der Waals surface area contributed by atoms with Crippen molar-refractivity contribution in [2.24, 2.45) is 5.92 Å². The summed E-state index contributed by atoms with van der Waals surface area (Å²) in [6.45, 7) is 5.61. The number of hydrogen-bond acceptors (Lipinski definition) is 4. The van der Waals surface area contributed by atoms with E-state index in [0.29, 0.717) is 6.61 Å². The molecule has 0 N–H and O–H groups in total. The second-order valence-corrected chi connectivity index (χ2v) is 3.29. The van der Waals surface area contributed by atoms with E-state index in [1.54, 1.807) is 20.8 Å². The van der Waals surface area contributed by atoms with Gasteiger partial charge in [0, 0.05) is 5.92 Å². The third kappa shape index (κ3) is 2.28. The first kappa shape index (κ1) is 10.2. The van der Waals surface area contributed by atoms with E-state index < -0.39 is 18.2 Å². The van der Waals surface area contributed by atoms with Crippen molar-refractivity contribution < 1.29 is 19.1 Å². The molecule has 1 fully saturated rings. The fourth-order valence-electron chi connectivity index (χ4n) is 1.06. The van der Waals surface area contributed by atoms with E-state index in [-0.39, 0.29) is 11.7 Å². The Morgan fingerprint density at radius 2 is 2.00 bits per heavy atom. The fourth-order valence-corrected chi connectivity index (χ4v) is 1.06. The maximum Gasteiger partial charge on any atom is 0.338 e. The van der Waals surface area contributed by atoms with Crippen LogP contribution in [0.2, 0.25) is 0 Å². The number of esters is 1. The van der Waals surface area contributed by atoms with Crippen molar-refractivity contribution >= 4 is 11.8 Å². The molecule has 0 aliphatic carbocycles. The van der Waals surface area contributed by atoms with Gasteiger partial charge in [0.05, 0.1) is 6.61 Å². The van der Waals surface area contributed by atoms with Crippen molar-refractivity contribution in [3.8, 4) is 0 Å². The number of ketones is 1. The van der Waals surface area contributed by atoms with Crippen LogP contribution in [-0.4, -0.2) is 30.6 Å². The number of Topliss-reactive ketones (excluding diaryl/α,β-unsaturated/α-hetero) is 1. The highest BCUT2D eigenvalue weighted by Gasteiger charge is 2.51. The van der Waals surface area contributed by atoms with Crippen molar-refractivity contribution in [1.29, 1.82) is 0 Å². The molecule has 1 aliphatic heterocycles. The molecule has 2 atom stereocenters. The van der Waals surface area contributed by atoms with Crippen LogP contribution >= 0.6 is 0 Å². The van der Waals surface area contributed by atoms with Crippen molar-refractivity contribution in [2.75, 3.05) is 6.61 Å². The maximum absolute atomic E-state index is 11.3. The van der Waals surface area contributed by atoms with E-state index in [1.165, 1.54) is 0 Å². The van der Waals surface area contributed by atoms with Crippen LogP contribution < -0.4 is 0 Å². The Bertz CT molecular complexity index is 222. The number of rotatable bonds is 4. The largest absolute Gasteiger partial charge is 0.464 e. The van der Waals surface area contributed by atoms with Gasteiger partial charge in [0.25, 0.3) is 0 Å². The molecule has 0 aromatic heterocycles. The maximum atomic E-state index is 11.3. The van der Waals surface area contributed by atoms with Gasteiger partial charge in [0.2, 0.25) is 0 Å². The van der Waals surface area contributed by atoms with Crippen molar-refractivity contribution in [2.45, 2.75) is 33.0 Å². The Morgan fingerprint density at radius 3 is 2.46 bits per heavy atom. The summed E-state index contributed by atoms with van der Waals surface area (Å²) in [6, 6.07) is 0. The Balaban J connectivity index is 2.37. The summed E-state index contributed by atoms with van der Waals surface area (Å²) in [5, 5.41) is 0. The number of carbonyl (C=O) groups is 2. The SMILES string of the molecule is CCOC(=O)[C@H]1O[C@@H]1C(=O)C(C)C. The van der Waals surface area contributed by atoms with E-state index >= 15 is 0 Å². The molecule has 0 bridgehead atoms. The third-order valence-corrected chi connectivity index (χ3v) is 1.86. The fraction of sp³-hybridized carbons (Fsp3) is 0.778. The topological polar surface area (TPSA) is 55.9 Å². The summed E-state index contributed by atoms with van der Waals surface area (Å²) in [7, 11) is 0. The van der Waals surface area contributed by atoms with Gasteiger partial charge in [-0.1, -0.05) is 13.8 Å². The zero-order valence-electron chi connectivity index (χ0n) is 8.07. The lowest BCUT2D eigenvalue weighted by molar-refractivity contribution is -0.144. The molecule has 0 amide bonds. The highest BCUT2D eigenvalue weighted by atomic mass is 16.6. The highest BCUT2D eigenvalue weighted by molar-refractivity contribution is 5.94. The van der Waals surface area contributed by atoms with Crippen LogP contribution in [0.4, 0.5) is 0 Å². The van der Waals surface area contributed by atoms with Gasteiger partial charge < -0.3 is 9.47 Å². The molecule has 0 radical (unpaired) electrons. The Labute approximate surface area is 77.2 Å². The van der Waals surface area contributed by atoms with Gasteiger partial charge in [0.15, 0.2) is 18.0 Å². The Hall–Kier alpha value is -0.900. The molecule has 4 heteroatoms. The zero-order chi connectivity index (χ0) is 10.0. The summed E-state index contributed by atoms with van der Waals surface area (Å²) in [6.07, 6.45) is -1.20. The second kappa shape index (κ2) is 3.87. The van der Waals surface area contributed by atoms with E-state index in [0.717, 1.165) is 0 Å². The second-order valence-electron chi connectivity index (χ2n) is 3.29. The first-order valence-corrected chi connectivity index (χ1v) is 4.43. The minimum atomic E-state index is -0.644. The third-order valence-electron chi connectivity index (χ3n) is 1.86. The summed E-state index contributed by atoms with van der Waals surface area (Å²) < 4.78 is 9.64. The molecule has 1 saturated heterocycles. The van der Waals surface area contributed by atoms with Gasteiger partial charge in [-0.15, -0.1) is 0 Å². The molecular weight excluding hydrogens is 172 g/mol. The summed E-state index contributed by atoms with van der Waals surface area (Å²) in [5.74, 6) is -0.552. The van der Waals surface area contributed by atoms with Crippen LogP contribution in [0.5, 0.6) is 0 Å². The molecule has 1 aliphatic rings. The average Bonchev–Trinajstić information content (AvgIpc) is 2.82. The molecule has 74 valence electrons. The minimum Gasteiger partial charge on any atom is -0.464 e. The summed E-state index contributed by atoms with van der Waals surface area (Å²) in [5.41, 5.74) is 0. The van der Waals surface area contributed by atoms with Crippen molar-refractivity contribution in [3.05, 3.63) is 0 Å². The van der Waals surface area contributed by atoms with Crippen LogP contribution in [-0.2, 0) is 19.1 Å². The number of hydrogen-bond donors (Lipinski definition) is 0. The Morgan fingerprint density at radius 1 is 1.38 bits per heavy atom. The number of epoxide rings is 1. The smallest absolute Gasteiger partial charge is 0.338 e. The van der Waals surface area contributed by atoms with Gasteiger partial charge in [-0.3, -0.25) is 4.79 Å². The monoisotopic (exact) mass is 186 g/mol. The standard InChI is InChI=1S/C9H14O4/c1-4-12-9(11)8-7(13-8)6(10)5(2)3/h5,7-8H,4H2,1-3H3/t7-,8+/m1/s1. The molecule has 1 heterocycles. The summed E-state index contributed by atoms with van der Waals surface area (Å²) in [4.78, 5) is 22.3. The molecule has 0 unspecified atom stereocenters. The molecular formula is C9H14O4. The van der Waals surface area contributed by atoms with E-state index in [4.69, 9.17) is 9.47 Å². The molecule has 0 aromatic carbocycles. The number of ether oxygens (including phenoxy) is 2. The average molecular weight is 186 g/mol. The van der Waals surface area contributed by atoms with Crippen LogP contribution in [0.1, 0.15) is 20.8 Å². The van der Waals surface area contributed by atoms with E-state index in [2.05, 4.69) is 0 Å². The van der Waals surface area contributed by atoms with Crippen molar-refractivity contribution in [1.82, 2.24) is 0 Å². The quantitative estimate of drug-likeness (QED) is 0.475. The van der Waals surface area contributed by atoms with Crippen LogP contribution in [0.25, 0.3) is 0 Å². The van der Waals surface area contributed by atoms with Gasteiger partial charge in [-0.25, -0.2) is 4.79 Å². The normalized spacial score (nSPS) is 25.8. The predicted octanol–water partition coefficient (Wildman–Crippen LogP) is 0.542. The first-order chi connectivity index (χ1) is 6.07. The minimum absolute atomic E-state index is 0.0296. The lowest BCUT2D eigenvalue weighted by Gasteiger charge is -1.99. The van der Waals surface area contributed by atoms with E-state index in [1.807, 2.05) is 0 Å². The molecule has 4 nitrogen and oxygen atoms in total. The van der Waals surface area contributed by atoms with Gasteiger partial charge >= 0.3 is 5.97 Å². The molecule has 0 aromatic rings. The van der Waals surface area contributed by atoms with E-state index in [9.17, 15) is 9.59 Å². The summed E-state index contributed by atoms with van der Waals surface area (Å²) >= 11 is 0. The predicted molar refractivity (Wildman–Crippen MR) is 45.1 cm³/mol. The van der Waals surface area contributed by atoms with Gasteiger partial charge in [-0.2, -0.15) is 0 Å². The Kier molecular flexibility index (Phi) is 3.03. The van der Waals surface area contributed by atoms with Crippen LogP contribution in [0, 0.1) is 5.92 Å². The number of carbonyl (C=O) groups excluding carboxylic acids is 2. The van der Waals surface area contributed by atoms with Crippen LogP contribution in [0.3, 0.4) is 0 Å². The highest BCUT2D eigenvalue weighted by Crippen LogP contribution is 2.26. The first-order valence-electron chi connectivity index (χ1n) is 4.43. The lowest BCUT2D eigenvalue weighted by Crippen LogP contribution is -2.21. The lowest BCUT2D eigenvalue weighted by atomic mass is 10.0. The molecule has 13 heavy (non-hydrogen) atoms.